The van der Waals surface area contributed by atoms with Gasteiger partial charge in [0.1, 0.15) is 24.6 Å². The van der Waals surface area contributed by atoms with E-state index in [0.29, 0.717) is 5.56 Å². The standard InChI is InChI=1S/C21H21ClFN3O5/c22-14-4-3-5-15(23)20(14)17(25-6-1-2-7-25)12-24-21(27)13-10-18-19(31-9-8-30-18)11-16(13)26(28)29/h3-5,10-11,17H,1-2,6-9,12H2,(H,24,27). The van der Waals surface area contributed by atoms with Crippen molar-refractivity contribution in [2.24, 2.45) is 0 Å². The summed E-state index contributed by atoms with van der Waals surface area (Å²) in [4.78, 5) is 25.9. The predicted molar refractivity (Wildman–Crippen MR) is 111 cm³/mol. The maximum Gasteiger partial charge on any atom is 0.286 e. The fourth-order valence-corrected chi connectivity index (χ4v) is 4.28. The number of rotatable bonds is 6. The van der Waals surface area contributed by atoms with Crippen LogP contribution in [0.5, 0.6) is 11.5 Å². The van der Waals surface area contributed by atoms with Crippen molar-refractivity contribution in [2.75, 3.05) is 32.8 Å². The number of nitrogens with one attached hydrogen (secondary N) is 1. The molecule has 2 aliphatic heterocycles. The maximum atomic E-state index is 14.6. The number of fused-ring (bicyclic) bond motifs is 1. The van der Waals surface area contributed by atoms with E-state index in [0.717, 1.165) is 25.9 Å². The van der Waals surface area contributed by atoms with Gasteiger partial charge in [0.15, 0.2) is 11.5 Å². The number of nitro groups is 1. The molecule has 0 aromatic heterocycles. The Kier molecular flexibility index (Phi) is 6.24. The lowest BCUT2D eigenvalue weighted by atomic mass is 10.0. The number of carbonyl (C=O) groups excluding carboxylic acids is 1. The zero-order valence-electron chi connectivity index (χ0n) is 16.6. The van der Waals surface area contributed by atoms with E-state index in [1.54, 1.807) is 6.07 Å². The molecule has 0 bridgehead atoms. The van der Waals surface area contributed by atoms with Crippen LogP contribution in [0.3, 0.4) is 0 Å². The smallest absolute Gasteiger partial charge is 0.286 e. The zero-order chi connectivity index (χ0) is 22.0. The molecule has 1 amide bonds. The molecule has 164 valence electrons. The van der Waals surface area contributed by atoms with Crippen molar-refractivity contribution < 1.29 is 23.6 Å². The summed E-state index contributed by atoms with van der Waals surface area (Å²) in [5.41, 5.74) is -0.222. The number of hydrogen-bond acceptors (Lipinski definition) is 6. The second-order valence-electron chi connectivity index (χ2n) is 7.37. The number of benzene rings is 2. The van der Waals surface area contributed by atoms with Crippen molar-refractivity contribution in [3.63, 3.8) is 0 Å². The maximum absolute atomic E-state index is 14.6. The van der Waals surface area contributed by atoms with Crippen LogP contribution in [-0.2, 0) is 0 Å². The van der Waals surface area contributed by atoms with Gasteiger partial charge >= 0.3 is 0 Å². The molecule has 31 heavy (non-hydrogen) atoms. The SMILES string of the molecule is O=C(NCC(c1c(F)cccc1Cl)N1CCCC1)c1cc2c(cc1[N+](=O)[O-])OCCO2. The van der Waals surface area contributed by atoms with E-state index in [4.69, 9.17) is 21.1 Å². The summed E-state index contributed by atoms with van der Waals surface area (Å²) in [7, 11) is 0. The summed E-state index contributed by atoms with van der Waals surface area (Å²) < 4.78 is 25.4. The lowest BCUT2D eigenvalue weighted by Gasteiger charge is -2.29. The van der Waals surface area contributed by atoms with Gasteiger partial charge in [-0.1, -0.05) is 17.7 Å². The number of amides is 1. The molecule has 0 spiro atoms. The zero-order valence-corrected chi connectivity index (χ0v) is 17.4. The van der Waals surface area contributed by atoms with Crippen LogP contribution in [0.1, 0.15) is 34.8 Å². The van der Waals surface area contributed by atoms with Gasteiger partial charge in [-0.3, -0.25) is 19.8 Å². The summed E-state index contributed by atoms with van der Waals surface area (Å²) in [5, 5.41) is 14.5. The highest BCUT2D eigenvalue weighted by molar-refractivity contribution is 6.31. The minimum atomic E-state index is -0.652. The van der Waals surface area contributed by atoms with Crippen molar-refractivity contribution in [3.8, 4) is 11.5 Å². The molecule has 2 aromatic carbocycles. The van der Waals surface area contributed by atoms with E-state index in [1.807, 2.05) is 0 Å². The molecule has 0 radical (unpaired) electrons. The third-order valence-electron chi connectivity index (χ3n) is 5.47. The van der Waals surface area contributed by atoms with Crippen LogP contribution in [0.15, 0.2) is 30.3 Å². The number of hydrogen-bond donors (Lipinski definition) is 1. The first-order chi connectivity index (χ1) is 15.0. The second-order valence-corrected chi connectivity index (χ2v) is 7.78. The Bertz CT molecular complexity index is 992. The molecule has 2 aromatic rings. The molecule has 1 atom stereocenters. The van der Waals surface area contributed by atoms with Crippen LogP contribution in [-0.4, -0.2) is 48.6 Å². The summed E-state index contributed by atoms with van der Waals surface area (Å²) in [6.45, 7) is 2.10. The lowest BCUT2D eigenvalue weighted by molar-refractivity contribution is -0.385. The average Bonchev–Trinajstić information content (AvgIpc) is 3.29. The summed E-state index contributed by atoms with van der Waals surface area (Å²) in [5.74, 6) is -0.609. The topological polar surface area (TPSA) is 93.9 Å². The Morgan fingerprint density at radius 1 is 1.23 bits per heavy atom. The van der Waals surface area contributed by atoms with Crippen LogP contribution in [0, 0.1) is 15.9 Å². The fourth-order valence-electron chi connectivity index (χ4n) is 3.99. The summed E-state index contributed by atoms with van der Waals surface area (Å²) in [6, 6.07) is 6.47. The Labute approximate surface area is 183 Å². The predicted octanol–water partition coefficient (Wildman–Crippen LogP) is 3.73. The van der Waals surface area contributed by atoms with Gasteiger partial charge in [0.25, 0.3) is 11.6 Å². The number of likely N-dealkylation sites (tertiary alicyclic amines) is 1. The van der Waals surface area contributed by atoms with E-state index in [2.05, 4.69) is 10.2 Å². The Morgan fingerprint density at radius 2 is 1.90 bits per heavy atom. The van der Waals surface area contributed by atoms with E-state index in [1.165, 1.54) is 24.3 Å². The second kappa shape index (κ2) is 9.07. The van der Waals surface area contributed by atoms with Crippen molar-refractivity contribution in [1.29, 1.82) is 0 Å². The first kappa shape index (κ1) is 21.3. The molecular formula is C21H21ClFN3O5. The number of nitrogens with zero attached hydrogens (tertiary/aromatic N) is 2. The molecule has 10 heteroatoms. The van der Waals surface area contributed by atoms with Gasteiger partial charge in [0, 0.05) is 23.2 Å². The third-order valence-corrected chi connectivity index (χ3v) is 5.80. The van der Waals surface area contributed by atoms with Crippen molar-refractivity contribution >= 4 is 23.2 Å². The van der Waals surface area contributed by atoms with E-state index in [9.17, 15) is 19.3 Å². The monoisotopic (exact) mass is 449 g/mol. The highest BCUT2D eigenvalue weighted by Crippen LogP contribution is 2.37. The minimum absolute atomic E-state index is 0.0467. The Morgan fingerprint density at radius 3 is 2.55 bits per heavy atom. The molecule has 1 saturated heterocycles. The highest BCUT2D eigenvalue weighted by Gasteiger charge is 2.30. The van der Waals surface area contributed by atoms with Crippen molar-refractivity contribution in [1.82, 2.24) is 10.2 Å². The molecule has 0 aliphatic carbocycles. The van der Waals surface area contributed by atoms with E-state index < -0.39 is 22.7 Å². The molecule has 2 heterocycles. The molecule has 0 saturated carbocycles. The third kappa shape index (κ3) is 4.42. The largest absolute Gasteiger partial charge is 0.486 e. The van der Waals surface area contributed by atoms with Crippen LogP contribution >= 0.6 is 11.6 Å². The van der Waals surface area contributed by atoms with E-state index in [-0.39, 0.29) is 47.5 Å². The average molecular weight is 450 g/mol. The quantitative estimate of drug-likeness (QED) is 0.533. The summed E-state index contributed by atoms with van der Waals surface area (Å²) >= 11 is 6.28. The first-order valence-electron chi connectivity index (χ1n) is 10.00. The molecule has 8 nitrogen and oxygen atoms in total. The number of ether oxygens (including phenoxy) is 2. The lowest BCUT2D eigenvalue weighted by Crippen LogP contribution is -2.37. The van der Waals surface area contributed by atoms with Gasteiger partial charge in [0.2, 0.25) is 0 Å². The molecule has 2 aliphatic rings. The fraction of sp³-hybridized carbons (Fsp3) is 0.381. The molecule has 4 rings (SSSR count). The Hall–Kier alpha value is -2.91. The molecule has 1 N–H and O–H groups in total. The number of halogens is 2. The highest BCUT2D eigenvalue weighted by atomic mass is 35.5. The van der Waals surface area contributed by atoms with Gasteiger partial charge in [0.05, 0.1) is 17.0 Å². The van der Waals surface area contributed by atoms with Crippen LogP contribution < -0.4 is 14.8 Å². The van der Waals surface area contributed by atoms with Crippen LogP contribution in [0.25, 0.3) is 0 Å². The van der Waals surface area contributed by atoms with Crippen LogP contribution in [0.2, 0.25) is 5.02 Å². The molecular weight excluding hydrogens is 429 g/mol. The van der Waals surface area contributed by atoms with Crippen LogP contribution in [0.4, 0.5) is 10.1 Å². The number of carbonyl (C=O) groups is 1. The molecule has 1 unspecified atom stereocenters. The molecule has 1 fully saturated rings. The van der Waals surface area contributed by atoms with Gasteiger partial charge < -0.3 is 14.8 Å². The van der Waals surface area contributed by atoms with Gasteiger partial charge in [-0.2, -0.15) is 0 Å². The Balaban J connectivity index is 1.60. The normalized spacial score (nSPS) is 16.7. The van der Waals surface area contributed by atoms with Crippen molar-refractivity contribution in [3.05, 3.63) is 62.4 Å². The van der Waals surface area contributed by atoms with Gasteiger partial charge in [-0.05, 0) is 38.1 Å². The van der Waals surface area contributed by atoms with Gasteiger partial charge in [-0.15, -0.1) is 0 Å². The summed E-state index contributed by atoms with van der Waals surface area (Å²) in [6.07, 6.45) is 1.92. The first-order valence-corrected chi connectivity index (χ1v) is 10.4. The van der Waals surface area contributed by atoms with Gasteiger partial charge in [-0.25, -0.2) is 4.39 Å². The number of nitro benzene ring substituents is 1. The minimum Gasteiger partial charge on any atom is -0.486 e. The van der Waals surface area contributed by atoms with Crippen molar-refractivity contribution in [2.45, 2.75) is 18.9 Å². The van der Waals surface area contributed by atoms with E-state index >= 15 is 0 Å².